The number of aromatic nitrogens is 2. The van der Waals surface area contributed by atoms with E-state index in [-0.39, 0.29) is 0 Å². The van der Waals surface area contributed by atoms with Crippen molar-refractivity contribution in [2.24, 2.45) is 0 Å². The number of para-hydroxylation sites is 1. The first kappa shape index (κ1) is 22.7. The van der Waals surface area contributed by atoms with Crippen LogP contribution >= 0.6 is 0 Å². The zero-order chi connectivity index (χ0) is 24.1. The Morgan fingerprint density at radius 3 is 2.00 bits per heavy atom. The third-order valence-electron chi connectivity index (χ3n) is 4.78. The Bertz CT molecular complexity index is 1290. The summed E-state index contributed by atoms with van der Waals surface area (Å²) in [6.45, 7) is 3.90. The van der Waals surface area contributed by atoms with Crippen molar-refractivity contribution in [2.75, 3.05) is 21.3 Å². The molecule has 0 saturated carbocycles. The maximum atomic E-state index is 13.7. The van der Waals surface area contributed by atoms with Gasteiger partial charge in [0, 0.05) is 28.8 Å². The van der Waals surface area contributed by atoms with Crippen molar-refractivity contribution in [1.29, 1.82) is 0 Å². The molecule has 9 heteroatoms. The summed E-state index contributed by atoms with van der Waals surface area (Å²) in [5.74, 6) is -0.662. The number of carbonyl (C=O) groups excluding carboxylic acids is 1. The van der Waals surface area contributed by atoms with Crippen LogP contribution < -0.4 is 21.3 Å². The van der Waals surface area contributed by atoms with Crippen LogP contribution in [-0.2, 0) is 0 Å². The molecule has 0 aliphatic carbocycles. The molecule has 7 nitrogen and oxygen atoms in total. The van der Waals surface area contributed by atoms with Crippen molar-refractivity contribution in [3.63, 3.8) is 0 Å². The number of nitrogens with zero attached hydrogens (tertiary/aromatic N) is 2. The van der Waals surface area contributed by atoms with Crippen LogP contribution in [0.3, 0.4) is 0 Å². The fourth-order valence-electron chi connectivity index (χ4n) is 3.13. The molecule has 0 atom stereocenters. The van der Waals surface area contributed by atoms with Crippen molar-refractivity contribution >= 4 is 40.5 Å². The van der Waals surface area contributed by atoms with Gasteiger partial charge in [-0.25, -0.2) is 18.6 Å². The molecular formula is C25H22F2N6O. The number of benzene rings is 3. The molecule has 1 aromatic heterocycles. The zero-order valence-electron chi connectivity index (χ0n) is 18.5. The second-order valence-electron chi connectivity index (χ2n) is 7.59. The summed E-state index contributed by atoms with van der Waals surface area (Å²) < 4.78 is 27.4. The molecule has 0 radical (unpaired) electrons. The van der Waals surface area contributed by atoms with E-state index in [0.29, 0.717) is 23.1 Å². The van der Waals surface area contributed by atoms with Gasteiger partial charge in [0.15, 0.2) is 0 Å². The van der Waals surface area contributed by atoms with Crippen LogP contribution in [0.25, 0.3) is 0 Å². The Labute approximate surface area is 195 Å². The van der Waals surface area contributed by atoms with Gasteiger partial charge in [-0.1, -0.05) is 23.8 Å². The lowest BCUT2D eigenvalue weighted by Gasteiger charge is -2.11. The first-order chi connectivity index (χ1) is 16.4. The molecule has 4 aromatic rings. The zero-order valence-corrected chi connectivity index (χ0v) is 18.5. The summed E-state index contributed by atoms with van der Waals surface area (Å²) in [7, 11) is 0. The Morgan fingerprint density at radius 1 is 0.735 bits per heavy atom. The molecular weight excluding hydrogens is 438 g/mol. The number of rotatable bonds is 6. The Hall–Kier alpha value is -4.53. The van der Waals surface area contributed by atoms with E-state index in [1.165, 1.54) is 11.6 Å². The second-order valence-corrected chi connectivity index (χ2v) is 7.59. The standard InChI is InChI=1S/C25H22F2N6O/c1-15-6-8-17(9-7-15)29-22-14-16(2)28-24(32-22)30-18-10-12-19(13-11-18)31-25(34)33-23-20(26)4-3-5-21(23)27/h3-14H,1-2H3,(H2,31,33,34)(H2,28,29,30,32). The normalized spacial score (nSPS) is 10.5. The number of hydrogen-bond donors (Lipinski definition) is 4. The molecule has 0 aliphatic heterocycles. The van der Waals surface area contributed by atoms with Gasteiger partial charge in [0.25, 0.3) is 0 Å². The molecule has 0 fully saturated rings. The highest BCUT2D eigenvalue weighted by Crippen LogP contribution is 2.22. The van der Waals surface area contributed by atoms with Gasteiger partial charge < -0.3 is 21.3 Å². The van der Waals surface area contributed by atoms with Gasteiger partial charge in [-0.05, 0) is 62.4 Å². The van der Waals surface area contributed by atoms with E-state index in [0.717, 1.165) is 23.5 Å². The van der Waals surface area contributed by atoms with Crippen molar-refractivity contribution in [1.82, 2.24) is 9.97 Å². The molecule has 4 N–H and O–H groups in total. The highest BCUT2D eigenvalue weighted by molar-refractivity contribution is 6.00. The van der Waals surface area contributed by atoms with E-state index >= 15 is 0 Å². The fourth-order valence-corrected chi connectivity index (χ4v) is 3.13. The lowest BCUT2D eigenvalue weighted by Crippen LogP contribution is -2.20. The number of urea groups is 1. The average Bonchev–Trinajstić information content (AvgIpc) is 2.79. The molecule has 0 unspecified atom stereocenters. The summed E-state index contributed by atoms with van der Waals surface area (Å²) in [6, 6.07) is 19.1. The minimum atomic E-state index is -0.857. The second kappa shape index (κ2) is 9.95. The smallest absolute Gasteiger partial charge is 0.323 e. The maximum Gasteiger partial charge on any atom is 0.323 e. The van der Waals surface area contributed by atoms with Gasteiger partial charge in [-0.2, -0.15) is 4.98 Å². The van der Waals surface area contributed by atoms with Gasteiger partial charge in [-0.15, -0.1) is 0 Å². The minimum Gasteiger partial charge on any atom is -0.340 e. The van der Waals surface area contributed by atoms with Crippen molar-refractivity contribution in [3.8, 4) is 0 Å². The van der Waals surface area contributed by atoms with E-state index in [2.05, 4.69) is 31.2 Å². The lowest BCUT2D eigenvalue weighted by atomic mass is 10.2. The molecule has 0 bridgehead atoms. The van der Waals surface area contributed by atoms with Gasteiger partial charge >= 0.3 is 6.03 Å². The van der Waals surface area contributed by atoms with E-state index in [1.54, 1.807) is 24.3 Å². The largest absolute Gasteiger partial charge is 0.340 e. The van der Waals surface area contributed by atoms with Gasteiger partial charge in [0.1, 0.15) is 23.1 Å². The summed E-state index contributed by atoms with van der Waals surface area (Å²) in [5, 5.41) is 11.1. The maximum absolute atomic E-state index is 13.7. The number of halogens is 2. The molecule has 2 amide bonds. The minimum absolute atomic E-state index is 0.406. The first-order valence-electron chi connectivity index (χ1n) is 10.4. The first-order valence-corrected chi connectivity index (χ1v) is 10.4. The number of hydrogen-bond acceptors (Lipinski definition) is 5. The van der Waals surface area contributed by atoms with E-state index in [9.17, 15) is 13.6 Å². The molecule has 34 heavy (non-hydrogen) atoms. The van der Waals surface area contributed by atoms with Crippen LogP contribution in [0.1, 0.15) is 11.3 Å². The van der Waals surface area contributed by atoms with E-state index in [1.807, 2.05) is 44.2 Å². The third-order valence-corrected chi connectivity index (χ3v) is 4.78. The molecule has 0 saturated heterocycles. The van der Waals surface area contributed by atoms with Crippen molar-refractivity contribution in [2.45, 2.75) is 13.8 Å². The van der Waals surface area contributed by atoms with Crippen LogP contribution in [0.15, 0.2) is 72.8 Å². The monoisotopic (exact) mass is 460 g/mol. The molecule has 0 aliphatic rings. The highest BCUT2D eigenvalue weighted by atomic mass is 19.1. The number of amides is 2. The highest BCUT2D eigenvalue weighted by Gasteiger charge is 2.12. The summed E-state index contributed by atoms with van der Waals surface area (Å²) in [6.07, 6.45) is 0. The van der Waals surface area contributed by atoms with E-state index < -0.39 is 23.4 Å². The van der Waals surface area contributed by atoms with Gasteiger partial charge in [0.05, 0.1) is 0 Å². The SMILES string of the molecule is Cc1ccc(Nc2cc(C)nc(Nc3ccc(NC(=O)Nc4c(F)cccc4F)cc3)n2)cc1. The van der Waals surface area contributed by atoms with Crippen LogP contribution in [-0.4, -0.2) is 16.0 Å². The predicted octanol–water partition coefficient (Wildman–Crippen LogP) is 6.50. The van der Waals surface area contributed by atoms with Gasteiger partial charge in [-0.3, -0.25) is 0 Å². The summed E-state index contributed by atoms with van der Waals surface area (Å²) in [4.78, 5) is 21.0. The Kier molecular flexibility index (Phi) is 6.63. The molecule has 1 heterocycles. The molecule has 172 valence electrons. The average molecular weight is 460 g/mol. The summed E-state index contributed by atoms with van der Waals surface area (Å²) in [5.41, 5.74) is 3.48. The Morgan fingerprint density at radius 2 is 1.32 bits per heavy atom. The van der Waals surface area contributed by atoms with Gasteiger partial charge in [0.2, 0.25) is 5.95 Å². The summed E-state index contributed by atoms with van der Waals surface area (Å²) >= 11 is 0. The van der Waals surface area contributed by atoms with E-state index in [4.69, 9.17) is 0 Å². The number of aryl methyl sites for hydroxylation is 2. The lowest BCUT2D eigenvalue weighted by molar-refractivity contribution is 0.262. The quantitative estimate of drug-likeness (QED) is 0.264. The van der Waals surface area contributed by atoms with Crippen LogP contribution in [0, 0.1) is 25.5 Å². The number of anilines is 6. The number of carbonyl (C=O) groups is 1. The fraction of sp³-hybridized carbons (Fsp3) is 0.0800. The predicted molar refractivity (Wildman–Crippen MR) is 130 cm³/mol. The third kappa shape index (κ3) is 5.83. The number of nitrogens with one attached hydrogen (secondary N) is 4. The molecule has 4 rings (SSSR count). The van der Waals surface area contributed by atoms with Crippen LogP contribution in [0.5, 0.6) is 0 Å². The van der Waals surface area contributed by atoms with Crippen LogP contribution in [0.4, 0.5) is 48.1 Å². The molecule has 3 aromatic carbocycles. The Balaban J connectivity index is 1.40. The molecule has 0 spiro atoms. The van der Waals surface area contributed by atoms with Crippen molar-refractivity contribution < 1.29 is 13.6 Å². The topological polar surface area (TPSA) is 91.0 Å². The van der Waals surface area contributed by atoms with Crippen molar-refractivity contribution in [3.05, 3.63) is 95.7 Å². The van der Waals surface area contributed by atoms with Crippen LogP contribution in [0.2, 0.25) is 0 Å².